The third-order valence-electron chi connectivity index (χ3n) is 3.09. The van der Waals surface area contributed by atoms with E-state index in [1.807, 2.05) is 0 Å². The van der Waals surface area contributed by atoms with E-state index in [-0.39, 0.29) is 0 Å². The smallest absolute Gasteiger partial charge is 0.341 e. The highest BCUT2D eigenvalue weighted by Gasteiger charge is 2.17. The first-order chi connectivity index (χ1) is 9.65. The second-order valence-corrected chi connectivity index (χ2v) is 4.50. The topological polar surface area (TPSA) is 65.0 Å². The van der Waals surface area contributed by atoms with Gasteiger partial charge in [0, 0.05) is 12.5 Å². The summed E-state index contributed by atoms with van der Waals surface area (Å²) in [5.41, 5.74) is 1.47. The highest BCUT2D eigenvalue weighted by molar-refractivity contribution is 5.92. The highest BCUT2D eigenvalue weighted by atomic mass is 16.5. The predicted molar refractivity (Wildman–Crippen MR) is 73.3 cm³/mol. The maximum absolute atomic E-state index is 11.5. The number of carbonyl (C=O) groups is 1. The molecule has 0 radical (unpaired) electrons. The van der Waals surface area contributed by atoms with Gasteiger partial charge in [-0.25, -0.2) is 4.79 Å². The summed E-state index contributed by atoms with van der Waals surface area (Å²) in [6, 6.07) is 4.91. The molecule has 1 saturated carbocycles. The van der Waals surface area contributed by atoms with Crippen LogP contribution in [0.25, 0.3) is 0 Å². The molecule has 1 aromatic carbocycles. The molecule has 0 saturated heterocycles. The lowest BCUT2D eigenvalue weighted by Gasteiger charge is -2.10. The Labute approximate surface area is 117 Å². The van der Waals surface area contributed by atoms with Gasteiger partial charge in [0.2, 0.25) is 0 Å². The molecule has 20 heavy (non-hydrogen) atoms. The van der Waals surface area contributed by atoms with Crippen molar-refractivity contribution in [2.45, 2.75) is 19.3 Å². The van der Waals surface area contributed by atoms with Crippen molar-refractivity contribution in [3.63, 3.8) is 0 Å². The van der Waals surface area contributed by atoms with Crippen molar-refractivity contribution in [3.05, 3.63) is 35.1 Å². The van der Waals surface area contributed by atoms with Crippen LogP contribution in [0.1, 0.15) is 29.6 Å². The predicted octanol–water partition coefficient (Wildman–Crippen LogP) is 2.86. The molecule has 0 bridgehead atoms. The molecule has 0 unspecified atom stereocenters. The largest absolute Gasteiger partial charge is 0.512 e. The molecule has 1 aliphatic rings. The van der Waals surface area contributed by atoms with Crippen LogP contribution >= 0.6 is 0 Å². The first kappa shape index (κ1) is 14.2. The van der Waals surface area contributed by atoms with Gasteiger partial charge in [0.25, 0.3) is 0 Å². The molecule has 5 heteroatoms. The standard InChI is InChI=1S/C15H18O5/c1-18-14-9-11(5-6-12(14)15(17)19-2)20-8-7-13(16)10-3-4-10/h5-6,9,16H,3-4,7-8H2,1-2H3. The number of methoxy groups -OCH3 is 2. The van der Waals surface area contributed by atoms with Crippen LogP contribution in [0.5, 0.6) is 11.5 Å². The van der Waals surface area contributed by atoms with Crippen LogP contribution in [0.4, 0.5) is 0 Å². The molecule has 1 fully saturated rings. The number of allylic oxidation sites excluding steroid dienone is 1. The normalized spacial score (nSPS) is 12.8. The van der Waals surface area contributed by atoms with Crippen molar-refractivity contribution in [1.82, 2.24) is 0 Å². The Hall–Kier alpha value is -2.17. The summed E-state index contributed by atoms with van der Waals surface area (Å²) in [6.07, 6.45) is 2.48. The van der Waals surface area contributed by atoms with Crippen LogP contribution in [0.15, 0.2) is 29.5 Å². The molecular formula is C15H18O5. The quantitative estimate of drug-likeness (QED) is 0.640. The molecular weight excluding hydrogens is 260 g/mol. The Bertz CT molecular complexity index is 527. The van der Waals surface area contributed by atoms with Gasteiger partial charge >= 0.3 is 5.97 Å². The Morgan fingerprint density at radius 3 is 2.65 bits per heavy atom. The van der Waals surface area contributed by atoms with E-state index in [1.165, 1.54) is 14.2 Å². The number of carbonyl (C=O) groups excluding carboxylic acids is 1. The van der Waals surface area contributed by atoms with Crippen molar-refractivity contribution < 1.29 is 24.1 Å². The minimum absolute atomic E-state index is 0.352. The average Bonchev–Trinajstić information content (AvgIpc) is 3.30. The second-order valence-electron chi connectivity index (χ2n) is 4.50. The van der Waals surface area contributed by atoms with E-state index in [9.17, 15) is 9.90 Å². The van der Waals surface area contributed by atoms with Gasteiger partial charge < -0.3 is 19.3 Å². The summed E-state index contributed by atoms with van der Waals surface area (Å²) in [5, 5.41) is 9.63. The lowest BCUT2D eigenvalue weighted by atomic mass is 10.2. The van der Waals surface area contributed by atoms with Crippen molar-refractivity contribution in [2.75, 3.05) is 20.8 Å². The number of hydrogen-bond acceptors (Lipinski definition) is 5. The molecule has 5 nitrogen and oxygen atoms in total. The van der Waals surface area contributed by atoms with Crippen LogP contribution in [-0.2, 0) is 4.74 Å². The van der Waals surface area contributed by atoms with Crippen LogP contribution in [0.2, 0.25) is 0 Å². The molecule has 108 valence electrons. The third kappa shape index (κ3) is 3.44. The van der Waals surface area contributed by atoms with E-state index < -0.39 is 5.97 Å². The molecule has 1 N–H and O–H groups in total. The zero-order valence-electron chi connectivity index (χ0n) is 11.6. The summed E-state index contributed by atoms with van der Waals surface area (Å²) in [7, 11) is 2.80. The summed E-state index contributed by atoms with van der Waals surface area (Å²) in [4.78, 5) is 11.5. The van der Waals surface area contributed by atoms with Crippen LogP contribution < -0.4 is 9.47 Å². The molecule has 2 rings (SSSR count). The van der Waals surface area contributed by atoms with Gasteiger partial charge in [-0.05, 0) is 30.5 Å². The van der Waals surface area contributed by atoms with Crippen molar-refractivity contribution >= 4 is 5.97 Å². The number of benzene rings is 1. The number of aliphatic hydroxyl groups excluding tert-OH is 1. The van der Waals surface area contributed by atoms with Crippen molar-refractivity contribution in [3.8, 4) is 11.5 Å². The Kier molecular flexibility index (Phi) is 4.50. The lowest BCUT2D eigenvalue weighted by Crippen LogP contribution is -2.05. The van der Waals surface area contributed by atoms with E-state index >= 15 is 0 Å². The maximum atomic E-state index is 11.5. The molecule has 0 amide bonds. The summed E-state index contributed by atoms with van der Waals surface area (Å²) < 4.78 is 15.3. The van der Waals surface area contributed by atoms with Crippen molar-refractivity contribution in [2.24, 2.45) is 0 Å². The van der Waals surface area contributed by atoms with Gasteiger partial charge in [-0.15, -0.1) is 0 Å². The fourth-order valence-electron chi connectivity index (χ4n) is 1.83. The van der Waals surface area contributed by atoms with Crippen LogP contribution in [0, 0.1) is 0 Å². The van der Waals surface area contributed by atoms with Crippen LogP contribution in [0.3, 0.4) is 0 Å². The van der Waals surface area contributed by atoms with Gasteiger partial charge in [-0.1, -0.05) is 0 Å². The molecule has 0 aromatic heterocycles. The molecule has 0 heterocycles. The van der Waals surface area contributed by atoms with Gasteiger partial charge in [-0.2, -0.15) is 0 Å². The van der Waals surface area contributed by atoms with Gasteiger partial charge in [-0.3, -0.25) is 0 Å². The maximum Gasteiger partial charge on any atom is 0.341 e. The zero-order valence-corrected chi connectivity index (χ0v) is 11.6. The minimum atomic E-state index is -0.454. The first-order valence-electron chi connectivity index (χ1n) is 6.44. The molecule has 1 aromatic rings. The third-order valence-corrected chi connectivity index (χ3v) is 3.09. The summed E-state index contributed by atoms with van der Waals surface area (Å²) >= 11 is 0. The van der Waals surface area contributed by atoms with E-state index in [4.69, 9.17) is 9.47 Å². The Balaban J connectivity index is 1.98. The van der Waals surface area contributed by atoms with Gasteiger partial charge in [0.05, 0.1) is 26.6 Å². The average molecular weight is 278 g/mol. The Morgan fingerprint density at radius 2 is 2.05 bits per heavy atom. The van der Waals surface area contributed by atoms with Gasteiger partial charge in [0.15, 0.2) is 0 Å². The van der Waals surface area contributed by atoms with Crippen molar-refractivity contribution in [1.29, 1.82) is 0 Å². The number of hydrogen-bond donors (Lipinski definition) is 1. The minimum Gasteiger partial charge on any atom is -0.512 e. The zero-order chi connectivity index (χ0) is 14.5. The van der Waals surface area contributed by atoms with E-state index in [0.717, 1.165) is 18.4 Å². The Morgan fingerprint density at radius 1 is 1.30 bits per heavy atom. The lowest BCUT2D eigenvalue weighted by molar-refractivity contribution is 0.0597. The first-order valence-corrected chi connectivity index (χ1v) is 6.44. The SMILES string of the molecule is COC(=O)c1ccc(OCCC(O)=C2CC2)cc1OC. The number of aliphatic hydroxyl groups is 1. The van der Waals surface area contributed by atoms with Crippen LogP contribution in [-0.4, -0.2) is 31.9 Å². The molecule has 0 spiro atoms. The molecule has 0 aliphatic heterocycles. The summed E-state index contributed by atoms with van der Waals surface area (Å²) in [6.45, 7) is 0.385. The highest BCUT2D eigenvalue weighted by Crippen LogP contribution is 2.31. The van der Waals surface area contributed by atoms with E-state index in [0.29, 0.717) is 35.8 Å². The number of esters is 1. The second kappa shape index (κ2) is 6.32. The molecule has 0 atom stereocenters. The van der Waals surface area contributed by atoms with E-state index in [1.54, 1.807) is 18.2 Å². The fraction of sp³-hybridized carbons (Fsp3) is 0.400. The fourth-order valence-corrected chi connectivity index (χ4v) is 1.83. The number of rotatable bonds is 6. The monoisotopic (exact) mass is 278 g/mol. The number of ether oxygens (including phenoxy) is 3. The van der Waals surface area contributed by atoms with Gasteiger partial charge in [0.1, 0.15) is 17.1 Å². The molecule has 1 aliphatic carbocycles. The summed E-state index contributed by atoms with van der Waals surface area (Å²) in [5.74, 6) is 0.967. The van der Waals surface area contributed by atoms with E-state index in [2.05, 4.69) is 4.74 Å².